The second kappa shape index (κ2) is 4.39. The van der Waals surface area contributed by atoms with Crippen molar-refractivity contribution in [2.24, 2.45) is 0 Å². The van der Waals surface area contributed by atoms with E-state index in [-0.39, 0.29) is 0 Å². The summed E-state index contributed by atoms with van der Waals surface area (Å²) in [6.45, 7) is 0.653. The van der Waals surface area contributed by atoms with E-state index in [1.165, 1.54) is 0 Å². The molecule has 0 radical (unpaired) electrons. The maximum absolute atomic E-state index is 5.90. The van der Waals surface area contributed by atoms with Gasteiger partial charge in [-0.05, 0) is 6.07 Å². The maximum atomic E-state index is 5.90. The lowest BCUT2D eigenvalue weighted by Gasteiger charge is -2.03. The molecule has 0 saturated carbocycles. The van der Waals surface area contributed by atoms with Crippen molar-refractivity contribution in [3.63, 3.8) is 0 Å². The Morgan fingerprint density at radius 2 is 2.29 bits per heavy atom. The summed E-state index contributed by atoms with van der Waals surface area (Å²) >= 11 is 7.46. The fraction of sp³-hybridized carbons (Fsp3) is 0.111. The Bertz CT molecular complexity index is 402. The number of rotatable bonds is 3. The highest BCUT2D eigenvalue weighted by molar-refractivity contribution is 7.13. The van der Waals surface area contributed by atoms with Crippen LogP contribution < -0.4 is 5.32 Å². The molecule has 14 heavy (non-hydrogen) atoms. The summed E-state index contributed by atoms with van der Waals surface area (Å²) in [7, 11) is 0. The zero-order valence-electron chi connectivity index (χ0n) is 7.27. The Morgan fingerprint density at radius 1 is 1.36 bits per heavy atom. The predicted octanol–water partition coefficient (Wildman–Crippen LogP) is 2.80. The van der Waals surface area contributed by atoms with E-state index >= 15 is 0 Å². The fourth-order valence-corrected chi connectivity index (χ4v) is 1.75. The van der Waals surface area contributed by atoms with Gasteiger partial charge in [-0.1, -0.05) is 17.7 Å². The Morgan fingerprint density at radius 3 is 3.00 bits per heavy atom. The number of halogens is 1. The monoisotopic (exact) mass is 225 g/mol. The highest BCUT2D eigenvalue weighted by Crippen LogP contribution is 2.15. The van der Waals surface area contributed by atoms with Gasteiger partial charge in [0.05, 0.1) is 0 Å². The van der Waals surface area contributed by atoms with Crippen LogP contribution in [0.5, 0.6) is 0 Å². The molecule has 0 saturated heterocycles. The van der Waals surface area contributed by atoms with Crippen molar-refractivity contribution in [3.05, 3.63) is 40.6 Å². The highest BCUT2D eigenvalue weighted by Gasteiger charge is 2.00. The summed E-state index contributed by atoms with van der Waals surface area (Å²) in [4.78, 5) is 8.09. The van der Waals surface area contributed by atoms with Gasteiger partial charge in [0.2, 0.25) is 0 Å². The van der Waals surface area contributed by atoms with Crippen LogP contribution in [0.1, 0.15) is 5.56 Å². The fourth-order valence-electron chi connectivity index (χ4n) is 1.03. The minimum Gasteiger partial charge on any atom is -0.357 e. The molecule has 2 aromatic rings. The van der Waals surface area contributed by atoms with Crippen LogP contribution in [0.3, 0.4) is 0 Å². The van der Waals surface area contributed by atoms with Crippen LogP contribution in [0.25, 0.3) is 0 Å². The lowest BCUT2D eigenvalue weighted by molar-refractivity contribution is 1.10. The first kappa shape index (κ1) is 9.43. The van der Waals surface area contributed by atoms with E-state index in [2.05, 4.69) is 15.3 Å². The van der Waals surface area contributed by atoms with Crippen LogP contribution in [-0.4, -0.2) is 9.97 Å². The van der Waals surface area contributed by atoms with Crippen molar-refractivity contribution in [1.29, 1.82) is 0 Å². The number of aromatic nitrogens is 2. The second-order valence-corrected chi connectivity index (χ2v) is 3.90. The summed E-state index contributed by atoms with van der Waals surface area (Å²) in [5, 5.41) is 6.52. The first-order valence-corrected chi connectivity index (χ1v) is 5.35. The molecule has 0 aromatic carbocycles. The predicted molar refractivity (Wildman–Crippen MR) is 58.7 cm³/mol. The average molecular weight is 226 g/mol. The van der Waals surface area contributed by atoms with Crippen molar-refractivity contribution < 1.29 is 0 Å². The molecule has 5 heteroatoms. The SMILES string of the molecule is Clc1ncccc1CNc1nccs1. The van der Waals surface area contributed by atoms with Crippen LogP contribution in [0.4, 0.5) is 5.13 Å². The number of anilines is 1. The van der Waals surface area contributed by atoms with E-state index in [1.54, 1.807) is 23.7 Å². The average Bonchev–Trinajstić information content (AvgIpc) is 2.69. The Hall–Kier alpha value is -1.13. The summed E-state index contributed by atoms with van der Waals surface area (Å²) in [5.74, 6) is 0. The Labute approximate surface area is 90.8 Å². The first-order valence-electron chi connectivity index (χ1n) is 4.09. The number of thiazole rings is 1. The molecule has 72 valence electrons. The van der Waals surface area contributed by atoms with Gasteiger partial charge < -0.3 is 5.32 Å². The highest BCUT2D eigenvalue weighted by atomic mass is 35.5. The molecule has 0 fully saturated rings. The molecule has 0 aliphatic heterocycles. The number of hydrogen-bond acceptors (Lipinski definition) is 4. The van der Waals surface area contributed by atoms with Crippen LogP contribution in [0, 0.1) is 0 Å². The Kier molecular flexibility index (Phi) is 2.96. The summed E-state index contributed by atoms with van der Waals surface area (Å²) in [6, 6.07) is 3.81. The molecule has 0 amide bonds. The minimum absolute atomic E-state index is 0.538. The van der Waals surface area contributed by atoms with E-state index in [0.29, 0.717) is 11.7 Å². The maximum Gasteiger partial charge on any atom is 0.182 e. The molecule has 2 heterocycles. The van der Waals surface area contributed by atoms with Crippen molar-refractivity contribution in [1.82, 2.24) is 9.97 Å². The van der Waals surface area contributed by atoms with Crippen molar-refractivity contribution in [2.75, 3.05) is 5.32 Å². The van der Waals surface area contributed by atoms with Crippen molar-refractivity contribution in [2.45, 2.75) is 6.54 Å². The van der Waals surface area contributed by atoms with Crippen LogP contribution >= 0.6 is 22.9 Å². The van der Waals surface area contributed by atoms with E-state index in [0.717, 1.165) is 10.7 Å². The van der Waals surface area contributed by atoms with E-state index < -0.39 is 0 Å². The third-order valence-corrected chi connectivity index (χ3v) is 2.77. The molecular weight excluding hydrogens is 218 g/mol. The molecule has 0 unspecified atom stereocenters. The number of hydrogen-bond donors (Lipinski definition) is 1. The zero-order valence-corrected chi connectivity index (χ0v) is 8.85. The lowest BCUT2D eigenvalue weighted by atomic mass is 10.3. The van der Waals surface area contributed by atoms with Crippen LogP contribution in [0.15, 0.2) is 29.9 Å². The molecule has 0 bridgehead atoms. The van der Waals surface area contributed by atoms with Crippen molar-refractivity contribution in [3.8, 4) is 0 Å². The van der Waals surface area contributed by atoms with Gasteiger partial charge in [0.1, 0.15) is 5.15 Å². The molecular formula is C9H8ClN3S. The van der Waals surface area contributed by atoms with Gasteiger partial charge in [-0.2, -0.15) is 0 Å². The normalized spacial score (nSPS) is 10.1. The largest absolute Gasteiger partial charge is 0.357 e. The quantitative estimate of drug-likeness (QED) is 0.817. The van der Waals surface area contributed by atoms with Gasteiger partial charge in [-0.25, -0.2) is 9.97 Å². The second-order valence-electron chi connectivity index (χ2n) is 2.64. The zero-order chi connectivity index (χ0) is 9.80. The number of nitrogens with zero attached hydrogens (tertiary/aromatic N) is 2. The molecule has 0 spiro atoms. The number of nitrogens with one attached hydrogen (secondary N) is 1. The first-order chi connectivity index (χ1) is 6.86. The third-order valence-electron chi connectivity index (χ3n) is 1.70. The summed E-state index contributed by atoms with van der Waals surface area (Å²) in [5.41, 5.74) is 0.976. The smallest absolute Gasteiger partial charge is 0.182 e. The third kappa shape index (κ3) is 2.21. The van der Waals surface area contributed by atoms with Gasteiger partial charge in [-0.15, -0.1) is 11.3 Å². The number of pyridine rings is 1. The summed E-state index contributed by atoms with van der Waals surface area (Å²) in [6.07, 6.45) is 3.44. The van der Waals surface area contributed by atoms with E-state index in [4.69, 9.17) is 11.6 Å². The Balaban J connectivity index is 2.02. The summed E-state index contributed by atoms with van der Waals surface area (Å²) < 4.78 is 0. The molecule has 0 aliphatic rings. The molecule has 0 atom stereocenters. The minimum atomic E-state index is 0.538. The van der Waals surface area contributed by atoms with Gasteiger partial charge >= 0.3 is 0 Å². The van der Waals surface area contributed by atoms with E-state index in [1.807, 2.05) is 17.5 Å². The lowest BCUT2D eigenvalue weighted by Crippen LogP contribution is -1.99. The van der Waals surface area contributed by atoms with Gasteiger partial charge in [0.25, 0.3) is 0 Å². The van der Waals surface area contributed by atoms with Gasteiger partial charge in [0, 0.05) is 29.9 Å². The van der Waals surface area contributed by atoms with Crippen LogP contribution in [-0.2, 0) is 6.54 Å². The van der Waals surface area contributed by atoms with E-state index in [9.17, 15) is 0 Å². The van der Waals surface area contributed by atoms with Crippen molar-refractivity contribution >= 4 is 28.1 Å². The van der Waals surface area contributed by atoms with Gasteiger partial charge in [-0.3, -0.25) is 0 Å². The molecule has 2 aromatic heterocycles. The van der Waals surface area contributed by atoms with Crippen LogP contribution in [0.2, 0.25) is 5.15 Å². The molecule has 1 N–H and O–H groups in total. The molecule has 3 nitrogen and oxygen atoms in total. The van der Waals surface area contributed by atoms with Gasteiger partial charge in [0.15, 0.2) is 5.13 Å². The molecule has 0 aliphatic carbocycles. The standard InChI is InChI=1S/C9H8ClN3S/c10-8-7(2-1-3-11-8)6-13-9-12-4-5-14-9/h1-5H,6H2,(H,12,13). The molecule has 2 rings (SSSR count). The topological polar surface area (TPSA) is 37.8 Å².